The summed E-state index contributed by atoms with van der Waals surface area (Å²) >= 11 is 0. The monoisotopic (exact) mass is 241 g/mol. The summed E-state index contributed by atoms with van der Waals surface area (Å²) < 4.78 is 22.7. The number of nitrogens with one attached hydrogen (secondary N) is 2. The van der Waals surface area contributed by atoms with E-state index >= 15 is 0 Å². The smallest absolute Gasteiger partial charge is 0.195 e. The molecule has 0 radical (unpaired) electrons. The summed E-state index contributed by atoms with van der Waals surface area (Å²) in [7, 11) is 0.279. The van der Waals surface area contributed by atoms with Gasteiger partial charge in [0.1, 0.15) is 0 Å². The molecule has 1 aromatic rings. The summed E-state index contributed by atoms with van der Waals surface area (Å²) in [6.07, 6.45) is 1.17. The number of rotatable bonds is 2. The Balaban J connectivity index is 3.14. The molecule has 0 heterocycles. The summed E-state index contributed by atoms with van der Waals surface area (Å²) in [4.78, 5) is 4.46. The molecule has 0 saturated heterocycles. The Bertz CT molecular complexity index is 489. The Morgan fingerprint density at radius 2 is 1.88 bits per heavy atom. The van der Waals surface area contributed by atoms with Crippen molar-refractivity contribution in [3.05, 3.63) is 24.3 Å². The topological polar surface area (TPSA) is 70.6 Å². The predicted molar refractivity (Wildman–Crippen MR) is 64.8 cm³/mol. The molecule has 88 valence electrons. The van der Waals surface area contributed by atoms with Gasteiger partial charge in [-0.2, -0.15) is 0 Å². The highest BCUT2D eigenvalue weighted by molar-refractivity contribution is 7.90. The second-order valence-corrected chi connectivity index (χ2v) is 5.25. The summed E-state index contributed by atoms with van der Waals surface area (Å²) in [5, 5.41) is 5.70. The Morgan fingerprint density at radius 1 is 1.25 bits per heavy atom. The van der Waals surface area contributed by atoms with Gasteiger partial charge in [-0.15, -0.1) is 0 Å². The van der Waals surface area contributed by atoms with E-state index in [4.69, 9.17) is 0 Å². The molecule has 2 N–H and O–H groups in total. The van der Waals surface area contributed by atoms with Crippen molar-refractivity contribution in [3.8, 4) is 0 Å². The van der Waals surface area contributed by atoms with Crippen LogP contribution in [0.5, 0.6) is 0 Å². The minimum absolute atomic E-state index is 0.264. The summed E-state index contributed by atoms with van der Waals surface area (Å²) in [6.45, 7) is 0. The van der Waals surface area contributed by atoms with Gasteiger partial charge in [-0.05, 0) is 18.2 Å². The fourth-order valence-electron chi connectivity index (χ4n) is 1.15. The second kappa shape index (κ2) is 4.98. The van der Waals surface area contributed by atoms with Gasteiger partial charge in [0, 0.05) is 20.4 Å². The molecule has 0 unspecified atom stereocenters. The van der Waals surface area contributed by atoms with E-state index in [9.17, 15) is 8.42 Å². The molecule has 0 bridgehead atoms. The number of aliphatic imine (C=N–C) groups is 1. The van der Waals surface area contributed by atoms with E-state index in [1.54, 1.807) is 32.3 Å². The molecule has 0 atom stereocenters. The Kier molecular flexibility index (Phi) is 3.89. The van der Waals surface area contributed by atoms with Gasteiger partial charge >= 0.3 is 0 Å². The lowest BCUT2D eigenvalue weighted by Crippen LogP contribution is -2.31. The molecule has 1 rings (SSSR count). The van der Waals surface area contributed by atoms with Crippen LogP contribution in [0, 0.1) is 0 Å². The van der Waals surface area contributed by atoms with Crippen LogP contribution < -0.4 is 10.6 Å². The first kappa shape index (κ1) is 12.5. The van der Waals surface area contributed by atoms with Crippen molar-refractivity contribution in [2.75, 3.05) is 20.4 Å². The predicted octanol–water partition coefficient (Wildman–Crippen LogP) is 0.516. The molecule has 0 aliphatic carbocycles. The molecule has 5 nitrogen and oxygen atoms in total. The number of hydrogen-bond donors (Lipinski definition) is 2. The molecule has 6 heteroatoms. The standard InChI is InChI=1S/C10H15N3O2S/c1-11-10(12-2)13-8-5-4-6-9(7-8)16(3,14)15/h4-7H,1-3H3,(H2,11,12,13). The van der Waals surface area contributed by atoms with Crippen LogP contribution in [0.4, 0.5) is 5.69 Å². The Morgan fingerprint density at radius 3 is 2.38 bits per heavy atom. The summed E-state index contributed by atoms with van der Waals surface area (Å²) in [5.41, 5.74) is 0.585. The van der Waals surface area contributed by atoms with Gasteiger partial charge in [-0.3, -0.25) is 0 Å². The van der Waals surface area contributed by atoms with Crippen LogP contribution in [0.1, 0.15) is 0 Å². The first-order chi connectivity index (χ1) is 7.47. The van der Waals surface area contributed by atoms with Crippen molar-refractivity contribution in [3.63, 3.8) is 0 Å². The normalized spacial score (nSPS) is 10.7. The van der Waals surface area contributed by atoms with Crippen molar-refractivity contribution in [1.82, 2.24) is 10.6 Å². The molecule has 0 amide bonds. The fraction of sp³-hybridized carbons (Fsp3) is 0.300. The average molecular weight is 241 g/mol. The van der Waals surface area contributed by atoms with E-state index in [-0.39, 0.29) is 4.90 Å². The van der Waals surface area contributed by atoms with Gasteiger partial charge in [-0.25, -0.2) is 13.4 Å². The van der Waals surface area contributed by atoms with Crippen LogP contribution in [-0.4, -0.2) is 34.7 Å². The minimum Gasteiger partial charge on any atom is -0.359 e. The molecule has 1 aromatic carbocycles. The van der Waals surface area contributed by atoms with E-state index in [2.05, 4.69) is 15.6 Å². The quantitative estimate of drug-likeness (QED) is 0.585. The van der Waals surface area contributed by atoms with Crippen molar-refractivity contribution in [2.24, 2.45) is 4.99 Å². The lowest BCUT2D eigenvalue weighted by Gasteiger charge is -2.04. The lowest BCUT2D eigenvalue weighted by atomic mass is 10.3. The second-order valence-electron chi connectivity index (χ2n) is 3.23. The molecule has 0 saturated carbocycles. The largest absolute Gasteiger partial charge is 0.359 e. The fourth-order valence-corrected chi connectivity index (χ4v) is 1.81. The van der Waals surface area contributed by atoms with Crippen molar-refractivity contribution < 1.29 is 8.42 Å². The van der Waals surface area contributed by atoms with Crippen LogP contribution in [0.3, 0.4) is 0 Å². The highest BCUT2D eigenvalue weighted by atomic mass is 32.2. The zero-order chi connectivity index (χ0) is 12.2. The average Bonchev–Trinajstić information content (AvgIpc) is 2.25. The SMILES string of the molecule is CNC(=Nc1cccc(S(C)(=O)=O)c1)NC. The number of nitrogens with zero attached hydrogens (tertiary/aromatic N) is 1. The van der Waals surface area contributed by atoms with E-state index in [0.717, 1.165) is 0 Å². The summed E-state index contributed by atoms with van der Waals surface area (Å²) in [5.74, 6) is 0.575. The maximum atomic E-state index is 11.3. The number of sulfone groups is 1. The van der Waals surface area contributed by atoms with Crippen molar-refractivity contribution in [1.29, 1.82) is 0 Å². The highest BCUT2D eigenvalue weighted by Gasteiger charge is 2.06. The van der Waals surface area contributed by atoms with Gasteiger partial charge in [0.05, 0.1) is 10.6 Å². The van der Waals surface area contributed by atoms with Gasteiger partial charge < -0.3 is 10.6 Å². The molecular weight excluding hydrogens is 226 g/mol. The maximum Gasteiger partial charge on any atom is 0.195 e. The first-order valence-electron chi connectivity index (χ1n) is 4.71. The van der Waals surface area contributed by atoms with E-state index < -0.39 is 9.84 Å². The van der Waals surface area contributed by atoms with Crippen LogP contribution in [0.15, 0.2) is 34.2 Å². The molecular formula is C10H15N3O2S. The maximum absolute atomic E-state index is 11.3. The van der Waals surface area contributed by atoms with Crippen molar-refractivity contribution >= 4 is 21.5 Å². The van der Waals surface area contributed by atoms with Crippen LogP contribution in [0.2, 0.25) is 0 Å². The Hall–Kier alpha value is -1.56. The minimum atomic E-state index is -3.18. The third-order valence-corrected chi connectivity index (χ3v) is 3.07. The zero-order valence-corrected chi connectivity index (χ0v) is 10.3. The Labute approximate surface area is 95.5 Å². The van der Waals surface area contributed by atoms with Crippen LogP contribution in [0.25, 0.3) is 0 Å². The summed E-state index contributed by atoms with van der Waals surface area (Å²) in [6, 6.07) is 6.48. The molecule has 0 aliphatic heterocycles. The lowest BCUT2D eigenvalue weighted by molar-refractivity contribution is 0.602. The molecule has 0 aliphatic rings. The number of guanidine groups is 1. The highest BCUT2D eigenvalue weighted by Crippen LogP contribution is 2.17. The van der Waals surface area contributed by atoms with E-state index in [0.29, 0.717) is 11.6 Å². The zero-order valence-electron chi connectivity index (χ0n) is 9.48. The van der Waals surface area contributed by atoms with E-state index in [1.165, 1.54) is 12.3 Å². The third-order valence-electron chi connectivity index (χ3n) is 1.96. The van der Waals surface area contributed by atoms with Crippen LogP contribution in [-0.2, 0) is 9.84 Å². The van der Waals surface area contributed by atoms with E-state index in [1.807, 2.05) is 0 Å². The number of hydrogen-bond acceptors (Lipinski definition) is 3. The van der Waals surface area contributed by atoms with Gasteiger partial charge in [-0.1, -0.05) is 6.07 Å². The van der Waals surface area contributed by atoms with Gasteiger partial charge in [0.25, 0.3) is 0 Å². The number of benzene rings is 1. The molecule has 0 fully saturated rings. The van der Waals surface area contributed by atoms with Crippen LogP contribution >= 0.6 is 0 Å². The first-order valence-corrected chi connectivity index (χ1v) is 6.61. The molecule has 0 aromatic heterocycles. The molecule has 0 spiro atoms. The molecule has 16 heavy (non-hydrogen) atoms. The van der Waals surface area contributed by atoms with Crippen molar-refractivity contribution in [2.45, 2.75) is 4.90 Å². The van der Waals surface area contributed by atoms with Gasteiger partial charge in [0.2, 0.25) is 0 Å². The third kappa shape index (κ3) is 3.23. The van der Waals surface area contributed by atoms with Gasteiger partial charge in [0.15, 0.2) is 15.8 Å².